The predicted octanol–water partition coefficient (Wildman–Crippen LogP) is 1.86. The normalized spacial score (nSPS) is 10.0. The summed E-state index contributed by atoms with van der Waals surface area (Å²) in [5.41, 5.74) is 0.728. The first kappa shape index (κ1) is 12.8. The second-order valence-electron chi connectivity index (χ2n) is 3.70. The molecule has 0 atom stereocenters. The molecule has 1 aromatic heterocycles. The van der Waals surface area contributed by atoms with Gasteiger partial charge in [-0.3, -0.25) is 0 Å². The Balaban J connectivity index is 2.42. The number of carboxylic acid groups (broad SMARTS) is 1. The number of benzene rings is 1. The van der Waals surface area contributed by atoms with Crippen LogP contribution in [0.15, 0.2) is 30.6 Å². The van der Waals surface area contributed by atoms with Crippen molar-refractivity contribution in [3.05, 3.63) is 36.2 Å². The summed E-state index contributed by atoms with van der Waals surface area (Å²) in [6.07, 6.45) is 2.52. The molecule has 6 heteroatoms. The molecule has 2 aromatic rings. The molecule has 0 fully saturated rings. The van der Waals surface area contributed by atoms with Crippen LogP contribution in [0.4, 0.5) is 0 Å². The SMILES string of the molecule is COc1cc(OC)cc(-c2ncc(C(=O)O)cn2)c1. The number of methoxy groups -OCH3 is 2. The first-order chi connectivity index (χ1) is 9.13. The molecular weight excluding hydrogens is 248 g/mol. The Bertz CT molecular complexity index is 574. The van der Waals surface area contributed by atoms with Gasteiger partial charge in [0, 0.05) is 24.0 Å². The van der Waals surface area contributed by atoms with Gasteiger partial charge in [0.2, 0.25) is 0 Å². The van der Waals surface area contributed by atoms with Gasteiger partial charge in [-0.25, -0.2) is 14.8 Å². The molecule has 0 bridgehead atoms. The van der Waals surface area contributed by atoms with E-state index < -0.39 is 5.97 Å². The Kier molecular flexibility index (Phi) is 3.61. The van der Waals surface area contributed by atoms with Crippen LogP contribution < -0.4 is 9.47 Å². The molecule has 0 saturated carbocycles. The van der Waals surface area contributed by atoms with Crippen LogP contribution >= 0.6 is 0 Å². The van der Waals surface area contributed by atoms with Gasteiger partial charge >= 0.3 is 5.97 Å². The maximum Gasteiger partial charge on any atom is 0.338 e. The topological polar surface area (TPSA) is 81.5 Å². The standard InChI is InChI=1S/C13H12N2O4/c1-18-10-3-8(4-11(5-10)19-2)12-14-6-9(7-15-12)13(16)17/h3-7H,1-2H3,(H,16,17). The molecule has 2 rings (SSSR count). The highest BCUT2D eigenvalue weighted by Crippen LogP contribution is 2.27. The number of carbonyl (C=O) groups is 1. The summed E-state index contributed by atoms with van der Waals surface area (Å²) in [6.45, 7) is 0. The molecular formula is C13H12N2O4. The van der Waals surface area contributed by atoms with Gasteiger partial charge in [-0.2, -0.15) is 0 Å². The molecule has 0 saturated heterocycles. The maximum absolute atomic E-state index is 10.7. The highest BCUT2D eigenvalue weighted by Gasteiger charge is 2.08. The van der Waals surface area contributed by atoms with Gasteiger partial charge in [-0.15, -0.1) is 0 Å². The lowest BCUT2D eigenvalue weighted by Gasteiger charge is -2.07. The molecule has 98 valence electrons. The molecule has 1 aromatic carbocycles. The van der Waals surface area contributed by atoms with Crippen LogP contribution in [0.5, 0.6) is 11.5 Å². The van der Waals surface area contributed by atoms with Crippen molar-refractivity contribution in [2.24, 2.45) is 0 Å². The van der Waals surface area contributed by atoms with E-state index in [1.165, 1.54) is 12.4 Å². The third kappa shape index (κ3) is 2.79. The summed E-state index contributed by atoms with van der Waals surface area (Å²) in [5, 5.41) is 8.79. The molecule has 6 nitrogen and oxygen atoms in total. The summed E-state index contributed by atoms with van der Waals surface area (Å²) in [5.74, 6) is 0.567. The molecule has 19 heavy (non-hydrogen) atoms. The number of ether oxygens (including phenoxy) is 2. The van der Waals surface area contributed by atoms with Crippen LogP contribution in [-0.4, -0.2) is 35.3 Å². The van der Waals surface area contributed by atoms with Crippen LogP contribution in [0.3, 0.4) is 0 Å². The number of aromatic nitrogens is 2. The van der Waals surface area contributed by atoms with E-state index >= 15 is 0 Å². The van der Waals surface area contributed by atoms with Crippen molar-refractivity contribution in [1.82, 2.24) is 9.97 Å². The summed E-state index contributed by atoms with van der Waals surface area (Å²) in [4.78, 5) is 18.8. The van der Waals surface area contributed by atoms with E-state index in [0.717, 1.165) is 0 Å². The lowest BCUT2D eigenvalue weighted by atomic mass is 10.2. The summed E-state index contributed by atoms with van der Waals surface area (Å²) < 4.78 is 10.3. The smallest absolute Gasteiger partial charge is 0.338 e. The van der Waals surface area contributed by atoms with Gasteiger partial charge in [-0.05, 0) is 12.1 Å². The molecule has 0 aliphatic carbocycles. The molecule has 0 aliphatic heterocycles. The summed E-state index contributed by atoms with van der Waals surface area (Å²) >= 11 is 0. The fourth-order valence-corrected chi connectivity index (χ4v) is 1.52. The minimum atomic E-state index is -1.06. The van der Waals surface area contributed by atoms with Crippen molar-refractivity contribution < 1.29 is 19.4 Å². The van der Waals surface area contributed by atoms with E-state index in [1.54, 1.807) is 32.4 Å². The Morgan fingerprint density at radius 1 is 1.05 bits per heavy atom. The Labute approximate surface area is 109 Å². The predicted molar refractivity (Wildman–Crippen MR) is 67.5 cm³/mol. The van der Waals surface area contributed by atoms with E-state index in [-0.39, 0.29) is 5.56 Å². The zero-order chi connectivity index (χ0) is 13.8. The molecule has 1 heterocycles. The van der Waals surface area contributed by atoms with Gasteiger partial charge in [0.05, 0.1) is 19.8 Å². The average molecular weight is 260 g/mol. The first-order valence-electron chi connectivity index (χ1n) is 5.43. The van der Waals surface area contributed by atoms with Crippen molar-refractivity contribution in [3.63, 3.8) is 0 Å². The zero-order valence-electron chi connectivity index (χ0n) is 10.5. The van der Waals surface area contributed by atoms with Crippen molar-refractivity contribution in [2.75, 3.05) is 14.2 Å². The first-order valence-corrected chi connectivity index (χ1v) is 5.43. The second-order valence-corrected chi connectivity index (χ2v) is 3.70. The summed E-state index contributed by atoms with van der Waals surface area (Å²) in [6, 6.07) is 5.23. The third-order valence-electron chi connectivity index (χ3n) is 2.51. The highest BCUT2D eigenvalue weighted by molar-refractivity contribution is 5.86. The molecule has 0 amide bonds. The lowest BCUT2D eigenvalue weighted by Crippen LogP contribution is -1.99. The van der Waals surface area contributed by atoms with Crippen LogP contribution in [0.2, 0.25) is 0 Å². The van der Waals surface area contributed by atoms with Crippen LogP contribution in [0.1, 0.15) is 10.4 Å². The maximum atomic E-state index is 10.7. The Morgan fingerprint density at radius 2 is 1.58 bits per heavy atom. The number of carboxylic acids is 1. The quantitative estimate of drug-likeness (QED) is 0.903. The van der Waals surface area contributed by atoms with E-state index in [4.69, 9.17) is 14.6 Å². The van der Waals surface area contributed by atoms with E-state index in [2.05, 4.69) is 9.97 Å². The highest BCUT2D eigenvalue weighted by atomic mass is 16.5. The largest absolute Gasteiger partial charge is 0.497 e. The van der Waals surface area contributed by atoms with Crippen LogP contribution in [0, 0.1) is 0 Å². The Hall–Kier alpha value is -2.63. The Morgan fingerprint density at radius 3 is 2.00 bits per heavy atom. The zero-order valence-corrected chi connectivity index (χ0v) is 10.5. The van der Waals surface area contributed by atoms with E-state index in [1.807, 2.05) is 0 Å². The molecule has 0 unspecified atom stereocenters. The number of hydrogen-bond acceptors (Lipinski definition) is 5. The average Bonchev–Trinajstić information content (AvgIpc) is 2.46. The van der Waals surface area contributed by atoms with Crippen LogP contribution in [-0.2, 0) is 0 Å². The van der Waals surface area contributed by atoms with Crippen molar-refractivity contribution in [3.8, 4) is 22.9 Å². The number of rotatable bonds is 4. The molecule has 0 spiro atoms. The minimum Gasteiger partial charge on any atom is -0.497 e. The minimum absolute atomic E-state index is 0.0404. The van der Waals surface area contributed by atoms with E-state index in [9.17, 15) is 4.79 Å². The molecule has 0 aliphatic rings. The number of aromatic carboxylic acids is 1. The van der Waals surface area contributed by atoms with Gasteiger partial charge in [0.25, 0.3) is 0 Å². The van der Waals surface area contributed by atoms with E-state index in [0.29, 0.717) is 22.9 Å². The molecule has 0 radical (unpaired) electrons. The lowest BCUT2D eigenvalue weighted by molar-refractivity contribution is 0.0696. The van der Waals surface area contributed by atoms with Gasteiger partial charge < -0.3 is 14.6 Å². The molecule has 1 N–H and O–H groups in total. The fourth-order valence-electron chi connectivity index (χ4n) is 1.52. The number of hydrogen-bond donors (Lipinski definition) is 1. The fraction of sp³-hybridized carbons (Fsp3) is 0.154. The summed E-state index contributed by atoms with van der Waals surface area (Å²) in [7, 11) is 3.10. The van der Waals surface area contributed by atoms with Crippen molar-refractivity contribution >= 4 is 5.97 Å². The van der Waals surface area contributed by atoms with Crippen molar-refractivity contribution in [1.29, 1.82) is 0 Å². The van der Waals surface area contributed by atoms with Gasteiger partial charge in [0.1, 0.15) is 11.5 Å². The van der Waals surface area contributed by atoms with Crippen LogP contribution in [0.25, 0.3) is 11.4 Å². The van der Waals surface area contributed by atoms with Gasteiger partial charge in [0.15, 0.2) is 5.82 Å². The number of nitrogens with zero attached hydrogens (tertiary/aromatic N) is 2. The second kappa shape index (κ2) is 5.34. The monoisotopic (exact) mass is 260 g/mol. The van der Waals surface area contributed by atoms with Crippen molar-refractivity contribution in [2.45, 2.75) is 0 Å². The van der Waals surface area contributed by atoms with Gasteiger partial charge in [-0.1, -0.05) is 0 Å². The third-order valence-corrected chi connectivity index (χ3v) is 2.51.